The average molecular weight is 281 g/mol. The molecule has 0 radical (unpaired) electrons. The van der Waals surface area contributed by atoms with Crippen LogP contribution < -0.4 is 0 Å². The minimum Gasteiger partial charge on any atom is -0.469 e. The summed E-state index contributed by atoms with van der Waals surface area (Å²) in [6.07, 6.45) is 2.71. The highest BCUT2D eigenvalue weighted by Crippen LogP contribution is 2.20. The average Bonchev–Trinajstić information content (AvgIpc) is 2.71. The van der Waals surface area contributed by atoms with Crippen molar-refractivity contribution in [3.8, 4) is 0 Å². The first-order chi connectivity index (χ1) is 9.51. The predicted octanol–water partition coefficient (Wildman–Crippen LogP) is 2.69. The predicted molar refractivity (Wildman–Crippen MR) is 75.8 cm³/mol. The number of carbonyl (C=O) groups excluding carboxylic acids is 2. The lowest BCUT2D eigenvalue weighted by atomic mass is 10.1. The fourth-order valence-corrected chi connectivity index (χ4v) is 2.08. The van der Waals surface area contributed by atoms with Crippen LogP contribution >= 0.6 is 0 Å². The number of aryl methyl sites for hydroxylation is 1. The van der Waals surface area contributed by atoms with Gasteiger partial charge in [0.15, 0.2) is 0 Å². The van der Waals surface area contributed by atoms with Crippen LogP contribution in [-0.2, 0) is 20.7 Å². The van der Waals surface area contributed by atoms with Crippen molar-refractivity contribution in [2.75, 3.05) is 13.7 Å². The molecule has 0 saturated heterocycles. The summed E-state index contributed by atoms with van der Waals surface area (Å²) in [5, 5.41) is 0. The van der Waals surface area contributed by atoms with Gasteiger partial charge in [0, 0.05) is 12.1 Å². The van der Waals surface area contributed by atoms with Crippen molar-refractivity contribution in [2.45, 2.75) is 46.5 Å². The molecule has 5 heteroatoms. The van der Waals surface area contributed by atoms with Gasteiger partial charge in [0.25, 0.3) is 0 Å². The summed E-state index contributed by atoms with van der Waals surface area (Å²) in [7, 11) is 1.37. The smallest absolute Gasteiger partial charge is 0.355 e. The molecule has 0 aliphatic heterocycles. The fourth-order valence-electron chi connectivity index (χ4n) is 2.08. The van der Waals surface area contributed by atoms with E-state index in [-0.39, 0.29) is 11.9 Å². The Morgan fingerprint density at radius 1 is 1.25 bits per heavy atom. The highest BCUT2D eigenvalue weighted by molar-refractivity contribution is 5.89. The summed E-state index contributed by atoms with van der Waals surface area (Å²) >= 11 is 0. The highest BCUT2D eigenvalue weighted by Gasteiger charge is 2.18. The van der Waals surface area contributed by atoms with Crippen LogP contribution in [0.25, 0.3) is 0 Å². The number of carbonyl (C=O) groups is 2. The van der Waals surface area contributed by atoms with Crippen molar-refractivity contribution in [1.82, 2.24) is 4.98 Å². The molecule has 0 aliphatic rings. The highest BCUT2D eigenvalue weighted by atomic mass is 16.5. The van der Waals surface area contributed by atoms with Gasteiger partial charge < -0.3 is 14.5 Å². The Hall–Kier alpha value is -1.78. The molecular formula is C15H23NO4. The first kappa shape index (κ1) is 16.3. The minimum atomic E-state index is -0.330. The van der Waals surface area contributed by atoms with Crippen LogP contribution in [-0.4, -0.2) is 30.6 Å². The third-order valence-corrected chi connectivity index (χ3v) is 3.33. The van der Waals surface area contributed by atoms with Crippen LogP contribution in [0.4, 0.5) is 0 Å². The molecule has 1 rings (SSSR count). The molecule has 0 aromatic carbocycles. The molecule has 20 heavy (non-hydrogen) atoms. The summed E-state index contributed by atoms with van der Waals surface area (Å²) < 4.78 is 9.83. The number of rotatable bonds is 7. The van der Waals surface area contributed by atoms with Crippen molar-refractivity contribution >= 4 is 11.9 Å². The van der Waals surface area contributed by atoms with Crippen molar-refractivity contribution in [3.05, 3.63) is 22.5 Å². The van der Waals surface area contributed by atoms with Gasteiger partial charge >= 0.3 is 11.9 Å². The molecule has 0 unspecified atom stereocenters. The molecule has 1 heterocycles. The van der Waals surface area contributed by atoms with E-state index in [0.717, 1.165) is 29.7 Å². The van der Waals surface area contributed by atoms with Gasteiger partial charge in [-0.05, 0) is 37.8 Å². The number of aromatic amines is 1. The topological polar surface area (TPSA) is 68.4 Å². The van der Waals surface area contributed by atoms with Crippen LogP contribution in [0.15, 0.2) is 0 Å². The molecule has 5 nitrogen and oxygen atoms in total. The van der Waals surface area contributed by atoms with Crippen LogP contribution in [0.1, 0.15) is 53.5 Å². The standard InChI is InChI=1S/C15H23NO4/c1-5-6-9-20-15(18)14-10(2)12(11(3)16-14)7-8-13(17)19-4/h16H,5-9H2,1-4H3. The van der Waals surface area contributed by atoms with Gasteiger partial charge in [0.05, 0.1) is 13.7 Å². The number of hydrogen-bond donors (Lipinski definition) is 1. The summed E-state index contributed by atoms with van der Waals surface area (Å²) in [6.45, 7) is 6.24. The largest absolute Gasteiger partial charge is 0.469 e. The van der Waals surface area contributed by atoms with E-state index in [9.17, 15) is 9.59 Å². The SMILES string of the molecule is CCCCOC(=O)c1[nH]c(C)c(CCC(=O)OC)c1C. The quantitative estimate of drug-likeness (QED) is 0.616. The first-order valence-electron chi connectivity index (χ1n) is 6.93. The monoisotopic (exact) mass is 281 g/mol. The molecule has 0 amide bonds. The first-order valence-corrected chi connectivity index (χ1v) is 6.93. The third kappa shape index (κ3) is 4.11. The maximum atomic E-state index is 12.0. The van der Waals surface area contributed by atoms with Crippen LogP contribution in [0.5, 0.6) is 0 Å². The van der Waals surface area contributed by atoms with Crippen LogP contribution in [0.2, 0.25) is 0 Å². The van der Waals surface area contributed by atoms with E-state index in [1.807, 2.05) is 20.8 Å². The minimum absolute atomic E-state index is 0.253. The van der Waals surface area contributed by atoms with Gasteiger partial charge in [-0.2, -0.15) is 0 Å². The van der Waals surface area contributed by atoms with Gasteiger partial charge in [-0.25, -0.2) is 4.79 Å². The zero-order valence-corrected chi connectivity index (χ0v) is 12.7. The Balaban J connectivity index is 2.75. The summed E-state index contributed by atoms with van der Waals surface area (Å²) in [5.41, 5.74) is 3.22. The van der Waals surface area contributed by atoms with E-state index in [2.05, 4.69) is 9.72 Å². The molecule has 0 fully saturated rings. The number of nitrogens with one attached hydrogen (secondary N) is 1. The number of hydrogen-bond acceptors (Lipinski definition) is 4. The second-order valence-corrected chi connectivity index (χ2v) is 4.79. The summed E-state index contributed by atoms with van der Waals surface area (Å²) in [5.74, 6) is -0.583. The van der Waals surface area contributed by atoms with Crippen molar-refractivity contribution < 1.29 is 19.1 Å². The van der Waals surface area contributed by atoms with Gasteiger partial charge in [-0.3, -0.25) is 4.79 Å². The molecule has 0 spiro atoms. The number of aromatic nitrogens is 1. The number of esters is 2. The van der Waals surface area contributed by atoms with Gasteiger partial charge in [-0.1, -0.05) is 13.3 Å². The van der Waals surface area contributed by atoms with E-state index in [1.165, 1.54) is 7.11 Å². The Morgan fingerprint density at radius 2 is 1.95 bits per heavy atom. The second kappa shape index (κ2) is 7.72. The molecule has 0 bridgehead atoms. The third-order valence-electron chi connectivity index (χ3n) is 3.33. The molecular weight excluding hydrogens is 258 g/mol. The van der Waals surface area contributed by atoms with E-state index in [1.54, 1.807) is 0 Å². The molecule has 0 saturated carbocycles. The summed E-state index contributed by atoms with van der Waals surface area (Å²) in [4.78, 5) is 26.2. The summed E-state index contributed by atoms with van der Waals surface area (Å²) in [6, 6.07) is 0. The zero-order chi connectivity index (χ0) is 15.1. The molecule has 112 valence electrons. The van der Waals surface area contributed by atoms with E-state index < -0.39 is 0 Å². The van der Waals surface area contributed by atoms with E-state index in [0.29, 0.717) is 25.1 Å². The van der Waals surface area contributed by atoms with Crippen LogP contribution in [0, 0.1) is 13.8 Å². The van der Waals surface area contributed by atoms with E-state index >= 15 is 0 Å². The molecule has 1 aromatic heterocycles. The van der Waals surface area contributed by atoms with Crippen LogP contribution in [0.3, 0.4) is 0 Å². The normalized spacial score (nSPS) is 10.4. The zero-order valence-electron chi connectivity index (χ0n) is 12.7. The Labute approximate surface area is 119 Å². The number of H-pyrrole nitrogens is 1. The van der Waals surface area contributed by atoms with Gasteiger partial charge in [0.2, 0.25) is 0 Å². The molecule has 1 N–H and O–H groups in total. The Kier molecular flexibility index (Phi) is 6.28. The molecule has 0 atom stereocenters. The lowest BCUT2D eigenvalue weighted by molar-refractivity contribution is -0.140. The Bertz CT molecular complexity index is 476. The number of methoxy groups -OCH3 is 1. The van der Waals surface area contributed by atoms with Crippen molar-refractivity contribution in [2.24, 2.45) is 0 Å². The van der Waals surface area contributed by atoms with Crippen molar-refractivity contribution in [1.29, 1.82) is 0 Å². The number of unbranched alkanes of at least 4 members (excludes halogenated alkanes) is 1. The Morgan fingerprint density at radius 3 is 2.55 bits per heavy atom. The maximum absolute atomic E-state index is 12.0. The van der Waals surface area contributed by atoms with Gasteiger partial charge in [-0.15, -0.1) is 0 Å². The second-order valence-electron chi connectivity index (χ2n) is 4.79. The van der Waals surface area contributed by atoms with Gasteiger partial charge in [0.1, 0.15) is 5.69 Å². The lowest BCUT2D eigenvalue weighted by Gasteiger charge is -2.04. The van der Waals surface area contributed by atoms with Crippen molar-refractivity contribution in [3.63, 3.8) is 0 Å². The molecule has 0 aliphatic carbocycles. The number of ether oxygens (including phenoxy) is 2. The van der Waals surface area contributed by atoms with E-state index in [4.69, 9.17) is 4.74 Å². The maximum Gasteiger partial charge on any atom is 0.355 e. The molecule has 1 aromatic rings. The fraction of sp³-hybridized carbons (Fsp3) is 0.600. The lowest BCUT2D eigenvalue weighted by Crippen LogP contribution is -2.08.